The van der Waals surface area contributed by atoms with Crippen molar-refractivity contribution in [2.24, 2.45) is 0 Å². The molecule has 0 unspecified atom stereocenters. The number of nitrogens with one attached hydrogen (secondary N) is 1. The third-order valence-electron chi connectivity index (χ3n) is 2.12. The molecule has 0 spiro atoms. The highest BCUT2D eigenvalue weighted by atomic mass is 15.3. The molecule has 1 aromatic rings. The molecule has 0 aromatic carbocycles. The van der Waals surface area contributed by atoms with Gasteiger partial charge in [0.1, 0.15) is 12.2 Å². The van der Waals surface area contributed by atoms with Crippen LogP contribution < -0.4 is 5.32 Å². The van der Waals surface area contributed by atoms with Crippen LogP contribution in [0.1, 0.15) is 25.6 Å². The molecule has 1 N–H and O–H groups in total. The lowest BCUT2D eigenvalue weighted by Gasteiger charge is -2.02. The van der Waals surface area contributed by atoms with Gasteiger partial charge in [-0.2, -0.15) is 5.10 Å². The summed E-state index contributed by atoms with van der Waals surface area (Å²) in [6.45, 7) is 3.84. The molecular weight excluding hydrogens is 152 g/mol. The predicted molar refractivity (Wildman–Crippen MR) is 45.6 cm³/mol. The second kappa shape index (κ2) is 3.23. The number of rotatable bonds is 4. The fourth-order valence-corrected chi connectivity index (χ4v) is 1.21. The van der Waals surface area contributed by atoms with E-state index in [0.29, 0.717) is 0 Å². The van der Waals surface area contributed by atoms with Crippen molar-refractivity contribution in [3.05, 3.63) is 12.2 Å². The molecule has 1 aliphatic rings. The molecule has 0 amide bonds. The van der Waals surface area contributed by atoms with Crippen molar-refractivity contribution >= 4 is 0 Å². The standard InChI is InChI=1S/C8H14N4/c1-2-12-8(10-6-11-12)5-9-7-3-4-7/h6-7,9H,2-5H2,1H3. The predicted octanol–water partition coefficient (Wildman–Crippen LogP) is 0.550. The number of aryl methyl sites for hydroxylation is 1. The Kier molecular flexibility index (Phi) is 2.08. The van der Waals surface area contributed by atoms with Crippen LogP contribution in [0.15, 0.2) is 6.33 Å². The molecule has 0 atom stereocenters. The first-order chi connectivity index (χ1) is 5.90. The highest BCUT2D eigenvalue weighted by Gasteiger charge is 2.20. The van der Waals surface area contributed by atoms with Gasteiger partial charge in [-0.15, -0.1) is 0 Å². The van der Waals surface area contributed by atoms with Crippen molar-refractivity contribution in [2.75, 3.05) is 0 Å². The molecule has 1 aliphatic carbocycles. The van der Waals surface area contributed by atoms with Crippen molar-refractivity contribution in [1.82, 2.24) is 20.1 Å². The second-order valence-corrected chi connectivity index (χ2v) is 3.15. The largest absolute Gasteiger partial charge is 0.307 e. The normalized spacial score (nSPS) is 16.8. The molecule has 2 rings (SSSR count). The van der Waals surface area contributed by atoms with Gasteiger partial charge >= 0.3 is 0 Å². The fraction of sp³-hybridized carbons (Fsp3) is 0.750. The van der Waals surface area contributed by atoms with Crippen LogP contribution in [-0.4, -0.2) is 20.8 Å². The maximum absolute atomic E-state index is 4.18. The van der Waals surface area contributed by atoms with Crippen LogP contribution in [0.4, 0.5) is 0 Å². The van der Waals surface area contributed by atoms with E-state index >= 15 is 0 Å². The zero-order valence-corrected chi connectivity index (χ0v) is 7.32. The topological polar surface area (TPSA) is 42.7 Å². The molecular formula is C8H14N4. The van der Waals surface area contributed by atoms with Gasteiger partial charge in [-0.25, -0.2) is 9.67 Å². The third-order valence-corrected chi connectivity index (χ3v) is 2.12. The van der Waals surface area contributed by atoms with Crippen LogP contribution in [0.25, 0.3) is 0 Å². The van der Waals surface area contributed by atoms with E-state index in [0.717, 1.165) is 25.0 Å². The summed E-state index contributed by atoms with van der Waals surface area (Å²) in [7, 11) is 0. The first kappa shape index (κ1) is 7.73. The SMILES string of the molecule is CCn1ncnc1CNC1CC1. The molecule has 0 aliphatic heterocycles. The molecule has 4 nitrogen and oxygen atoms in total. The average Bonchev–Trinajstić information content (AvgIpc) is 2.81. The van der Waals surface area contributed by atoms with E-state index in [9.17, 15) is 0 Å². The van der Waals surface area contributed by atoms with E-state index in [1.54, 1.807) is 6.33 Å². The summed E-state index contributed by atoms with van der Waals surface area (Å²) in [4.78, 5) is 4.18. The minimum Gasteiger partial charge on any atom is -0.307 e. The van der Waals surface area contributed by atoms with Crippen molar-refractivity contribution in [3.63, 3.8) is 0 Å². The van der Waals surface area contributed by atoms with E-state index in [4.69, 9.17) is 0 Å². The summed E-state index contributed by atoms with van der Waals surface area (Å²) in [5, 5.41) is 7.51. The van der Waals surface area contributed by atoms with Gasteiger partial charge in [-0.3, -0.25) is 0 Å². The van der Waals surface area contributed by atoms with Crippen LogP contribution >= 0.6 is 0 Å². The Bertz CT molecular complexity index is 251. The van der Waals surface area contributed by atoms with E-state index in [1.807, 2.05) is 4.68 Å². The summed E-state index contributed by atoms with van der Waals surface area (Å²) in [6.07, 6.45) is 4.26. The number of hydrogen-bond acceptors (Lipinski definition) is 3. The molecule has 1 aromatic heterocycles. The van der Waals surface area contributed by atoms with Gasteiger partial charge in [0.25, 0.3) is 0 Å². The van der Waals surface area contributed by atoms with E-state index in [1.165, 1.54) is 12.8 Å². The van der Waals surface area contributed by atoms with Crippen LogP contribution in [0.2, 0.25) is 0 Å². The number of hydrogen-bond donors (Lipinski definition) is 1. The Morgan fingerprint density at radius 1 is 1.67 bits per heavy atom. The quantitative estimate of drug-likeness (QED) is 0.710. The van der Waals surface area contributed by atoms with Crippen molar-refractivity contribution in [3.8, 4) is 0 Å². The minimum absolute atomic E-state index is 0.743. The van der Waals surface area contributed by atoms with Gasteiger partial charge in [0.05, 0.1) is 6.54 Å². The van der Waals surface area contributed by atoms with Crippen LogP contribution in [0.3, 0.4) is 0 Å². The monoisotopic (exact) mass is 166 g/mol. The van der Waals surface area contributed by atoms with Gasteiger partial charge in [0.15, 0.2) is 0 Å². The Balaban J connectivity index is 1.91. The van der Waals surface area contributed by atoms with Crippen molar-refractivity contribution in [2.45, 2.75) is 38.9 Å². The fourth-order valence-electron chi connectivity index (χ4n) is 1.21. The Morgan fingerprint density at radius 2 is 2.50 bits per heavy atom. The molecule has 66 valence electrons. The summed E-state index contributed by atoms with van der Waals surface area (Å²) in [5.74, 6) is 1.05. The highest BCUT2D eigenvalue weighted by Crippen LogP contribution is 2.18. The van der Waals surface area contributed by atoms with Gasteiger partial charge < -0.3 is 5.32 Å². The first-order valence-electron chi connectivity index (χ1n) is 4.50. The lowest BCUT2D eigenvalue weighted by atomic mass is 10.5. The molecule has 1 fully saturated rings. The molecule has 12 heavy (non-hydrogen) atoms. The molecule has 0 radical (unpaired) electrons. The molecule has 0 bridgehead atoms. The van der Waals surface area contributed by atoms with Crippen LogP contribution in [-0.2, 0) is 13.1 Å². The van der Waals surface area contributed by atoms with Crippen molar-refractivity contribution in [1.29, 1.82) is 0 Å². The second-order valence-electron chi connectivity index (χ2n) is 3.15. The van der Waals surface area contributed by atoms with Crippen LogP contribution in [0, 0.1) is 0 Å². The van der Waals surface area contributed by atoms with Gasteiger partial charge in [-0.05, 0) is 19.8 Å². The zero-order valence-electron chi connectivity index (χ0n) is 7.32. The maximum atomic E-state index is 4.18. The Labute approximate surface area is 72.0 Å². The first-order valence-corrected chi connectivity index (χ1v) is 4.50. The van der Waals surface area contributed by atoms with Gasteiger partial charge in [0.2, 0.25) is 0 Å². The molecule has 1 saturated carbocycles. The van der Waals surface area contributed by atoms with E-state index < -0.39 is 0 Å². The third kappa shape index (κ3) is 1.64. The molecule has 4 heteroatoms. The molecule has 1 heterocycles. The lowest BCUT2D eigenvalue weighted by molar-refractivity contribution is 0.570. The maximum Gasteiger partial charge on any atom is 0.140 e. The number of nitrogens with zero attached hydrogens (tertiary/aromatic N) is 3. The Hall–Kier alpha value is -0.900. The highest BCUT2D eigenvalue weighted by molar-refractivity contribution is 4.88. The average molecular weight is 166 g/mol. The van der Waals surface area contributed by atoms with Crippen molar-refractivity contribution < 1.29 is 0 Å². The zero-order chi connectivity index (χ0) is 8.39. The summed E-state index contributed by atoms with van der Waals surface area (Å²) >= 11 is 0. The molecule has 0 saturated heterocycles. The van der Waals surface area contributed by atoms with Gasteiger partial charge in [-0.1, -0.05) is 0 Å². The summed E-state index contributed by atoms with van der Waals surface area (Å²) in [6, 6.07) is 0.743. The van der Waals surface area contributed by atoms with Crippen LogP contribution in [0.5, 0.6) is 0 Å². The van der Waals surface area contributed by atoms with Gasteiger partial charge in [0, 0.05) is 12.6 Å². The summed E-state index contributed by atoms with van der Waals surface area (Å²) < 4.78 is 1.93. The lowest BCUT2D eigenvalue weighted by Crippen LogP contribution is -2.19. The Morgan fingerprint density at radius 3 is 3.17 bits per heavy atom. The van der Waals surface area contributed by atoms with E-state index in [-0.39, 0.29) is 0 Å². The smallest absolute Gasteiger partial charge is 0.140 e. The minimum atomic E-state index is 0.743. The summed E-state index contributed by atoms with van der Waals surface area (Å²) in [5.41, 5.74) is 0. The van der Waals surface area contributed by atoms with E-state index in [2.05, 4.69) is 22.3 Å². The number of aromatic nitrogens is 3.